The fourth-order valence-corrected chi connectivity index (χ4v) is 5.42. The lowest BCUT2D eigenvalue weighted by molar-refractivity contribution is -0.117. The molecule has 6 nitrogen and oxygen atoms in total. The number of hydrogen-bond acceptors (Lipinski definition) is 5. The van der Waals surface area contributed by atoms with Crippen LogP contribution in [-0.4, -0.2) is 39.6 Å². The zero-order valence-electron chi connectivity index (χ0n) is 19.9. The topological polar surface area (TPSA) is 60.3 Å². The zero-order chi connectivity index (χ0) is 24.2. The molecule has 1 amide bonds. The first-order chi connectivity index (χ1) is 17.2. The molecule has 178 valence electrons. The predicted molar refractivity (Wildman–Crippen MR) is 140 cm³/mol. The van der Waals surface area contributed by atoms with Crippen LogP contribution in [0.25, 0.3) is 11.4 Å². The van der Waals surface area contributed by atoms with Crippen LogP contribution in [0.4, 0.5) is 5.69 Å². The number of aryl methyl sites for hydroxylation is 1. The van der Waals surface area contributed by atoms with Crippen molar-refractivity contribution in [3.8, 4) is 17.1 Å². The Hall–Kier alpha value is -3.58. The van der Waals surface area contributed by atoms with Crippen molar-refractivity contribution < 1.29 is 9.53 Å². The number of ether oxygens (including phenoxy) is 1. The second-order valence-electron chi connectivity index (χ2n) is 8.52. The van der Waals surface area contributed by atoms with Gasteiger partial charge in [-0.3, -0.25) is 4.79 Å². The first-order valence-corrected chi connectivity index (χ1v) is 12.7. The molecule has 1 aliphatic heterocycles. The molecular weight excluding hydrogens is 456 g/mol. The molecule has 0 bridgehead atoms. The van der Waals surface area contributed by atoms with Gasteiger partial charge in [0.2, 0.25) is 5.91 Å². The molecule has 1 aromatic heterocycles. The Balaban J connectivity index is 1.43. The highest BCUT2D eigenvalue weighted by atomic mass is 32.2. The molecule has 0 N–H and O–H groups in total. The van der Waals surface area contributed by atoms with E-state index in [1.807, 2.05) is 72.5 Å². The van der Waals surface area contributed by atoms with Gasteiger partial charge in [0.15, 0.2) is 11.0 Å². The van der Waals surface area contributed by atoms with E-state index < -0.39 is 0 Å². The minimum Gasteiger partial charge on any atom is -0.496 e. The number of aromatic nitrogens is 3. The van der Waals surface area contributed by atoms with Crippen molar-refractivity contribution in [3.05, 3.63) is 90.0 Å². The average molecular weight is 485 g/mol. The van der Waals surface area contributed by atoms with Gasteiger partial charge in [0.25, 0.3) is 0 Å². The maximum Gasteiger partial charge on any atom is 0.240 e. The molecule has 4 aromatic rings. The maximum absolute atomic E-state index is 13.4. The molecule has 0 saturated heterocycles. The summed E-state index contributed by atoms with van der Waals surface area (Å²) in [6.45, 7) is 3.36. The van der Waals surface area contributed by atoms with Crippen molar-refractivity contribution in [2.24, 2.45) is 0 Å². The van der Waals surface area contributed by atoms with Crippen molar-refractivity contribution in [1.82, 2.24) is 14.8 Å². The molecule has 0 saturated carbocycles. The summed E-state index contributed by atoms with van der Waals surface area (Å²) in [5.74, 6) is 1.58. The highest BCUT2D eigenvalue weighted by molar-refractivity contribution is 8.00. The van der Waals surface area contributed by atoms with E-state index in [0.717, 1.165) is 47.4 Å². The first-order valence-electron chi connectivity index (χ1n) is 11.8. The normalized spacial score (nSPS) is 13.5. The summed E-state index contributed by atoms with van der Waals surface area (Å²) >= 11 is 1.46. The lowest BCUT2D eigenvalue weighted by Crippen LogP contribution is -2.35. The van der Waals surface area contributed by atoms with Crippen LogP contribution in [0, 0.1) is 0 Å². The first kappa shape index (κ1) is 23.2. The standard InChI is InChI=1S/C28H28N4O2S/c1-20(27(33)31-19-17-22-12-6-8-14-24(22)31)35-28-30-29-26(23-13-7-9-15-25(23)34-2)32(28)18-16-21-10-4-3-5-11-21/h3-15,20H,16-19H2,1-2H3/t20-/m0/s1. The minimum absolute atomic E-state index is 0.0939. The number of carbonyl (C=O) groups excluding carboxylic acids is 1. The molecule has 5 rings (SSSR count). The summed E-state index contributed by atoms with van der Waals surface area (Å²) in [6, 6.07) is 26.3. The van der Waals surface area contributed by atoms with Crippen LogP contribution >= 0.6 is 11.8 Å². The molecule has 35 heavy (non-hydrogen) atoms. The summed E-state index contributed by atoms with van der Waals surface area (Å²) < 4.78 is 7.71. The monoisotopic (exact) mass is 484 g/mol. The zero-order valence-corrected chi connectivity index (χ0v) is 20.7. The van der Waals surface area contributed by atoms with Gasteiger partial charge in [-0.05, 0) is 49.1 Å². The number of methoxy groups -OCH3 is 1. The Morgan fingerprint density at radius 3 is 2.57 bits per heavy atom. The lowest BCUT2D eigenvalue weighted by Gasteiger charge is -2.21. The van der Waals surface area contributed by atoms with E-state index in [0.29, 0.717) is 6.54 Å². The number of hydrogen-bond donors (Lipinski definition) is 0. The van der Waals surface area contributed by atoms with Gasteiger partial charge in [0, 0.05) is 18.8 Å². The minimum atomic E-state index is -0.300. The quantitative estimate of drug-likeness (QED) is 0.319. The Bertz CT molecular complexity index is 1320. The Morgan fingerprint density at radius 2 is 1.74 bits per heavy atom. The smallest absolute Gasteiger partial charge is 0.240 e. The van der Waals surface area contributed by atoms with Crippen LogP contribution in [0.15, 0.2) is 84.0 Å². The fourth-order valence-electron chi connectivity index (χ4n) is 4.49. The van der Waals surface area contributed by atoms with Gasteiger partial charge in [-0.15, -0.1) is 10.2 Å². The van der Waals surface area contributed by atoms with Gasteiger partial charge in [0.1, 0.15) is 5.75 Å². The van der Waals surface area contributed by atoms with Crippen molar-refractivity contribution in [2.45, 2.75) is 36.7 Å². The van der Waals surface area contributed by atoms with Crippen LogP contribution < -0.4 is 9.64 Å². The van der Waals surface area contributed by atoms with Gasteiger partial charge in [0.05, 0.1) is 17.9 Å². The van der Waals surface area contributed by atoms with Crippen LogP contribution in [0.1, 0.15) is 18.1 Å². The molecule has 0 unspecified atom stereocenters. The molecule has 1 atom stereocenters. The van der Waals surface area contributed by atoms with Crippen molar-refractivity contribution in [2.75, 3.05) is 18.6 Å². The van der Waals surface area contributed by atoms with Crippen molar-refractivity contribution >= 4 is 23.4 Å². The highest BCUT2D eigenvalue weighted by Gasteiger charge is 2.30. The van der Waals surface area contributed by atoms with E-state index in [1.165, 1.54) is 22.9 Å². The molecule has 0 aliphatic carbocycles. The third-order valence-corrected chi connectivity index (χ3v) is 7.38. The molecular formula is C28H28N4O2S. The van der Waals surface area contributed by atoms with Crippen molar-refractivity contribution in [1.29, 1.82) is 0 Å². The molecule has 0 fully saturated rings. The highest BCUT2D eigenvalue weighted by Crippen LogP contribution is 2.34. The summed E-state index contributed by atoms with van der Waals surface area (Å²) in [6.07, 6.45) is 1.72. The van der Waals surface area contributed by atoms with E-state index in [1.54, 1.807) is 7.11 Å². The second kappa shape index (κ2) is 10.4. The fraction of sp³-hybridized carbons (Fsp3) is 0.250. The number of benzene rings is 3. The van der Waals surface area contributed by atoms with Gasteiger partial charge in [-0.1, -0.05) is 72.4 Å². The van der Waals surface area contributed by atoms with E-state index >= 15 is 0 Å². The van der Waals surface area contributed by atoms with Gasteiger partial charge >= 0.3 is 0 Å². The molecule has 3 aromatic carbocycles. The molecule has 7 heteroatoms. The second-order valence-corrected chi connectivity index (χ2v) is 9.83. The van der Waals surface area contributed by atoms with Crippen LogP contribution in [0.3, 0.4) is 0 Å². The molecule has 2 heterocycles. The van der Waals surface area contributed by atoms with Gasteiger partial charge < -0.3 is 14.2 Å². The van der Waals surface area contributed by atoms with Gasteiger partial charge in [-0.2, -0.15) is 0 Å². The summed E-state index contributed by atoms with van der Waals surface area (Å²) in [4.78, 5) is 15.3. The van der Waals surface area contributed by atoms with Crippen LogP contribution in [-0.2, 0) is 24.2 Å². The molecule has 0 radical (unpaired) electrons. The number of anilines is 1. The number of rotatable bonds is 8. The van der Waals surface area contributed by atoms with E-state index in [-0.39, 0.29) is 11.2 Å². The SMILES string of the molecule is COc1ccccc1-c1nnc(S[C@@H](C)C(=O)N2CCc3ccccc32)n1CCc1ccccc1. The number of nitrogens with zero attached hydrogens (tertiary/aromatic N) is 4. The van der Waals surface area contributed by atoms with E-state index in [2.05, 4.69) is 33.0 Å². The Labute approximate surface area is 210 Å². The number of fused-ring (bicyclic) bond motifs is 1. The Kier molecular flexibility index (Phi) is 6.86. The van der Waals surface area contributed by atoms with Crippen LogP contribution in [0.2, 0.25) is 0 Å². The Morgan fingerprint density at radius 1 is 1.00 bits per heavy atom. The van der Waals surface area contributed by atoms with E-state index in [4.69, 9.17) is 4.74 Å². The summed E-state index contributed by atoms with van der Waals surface area (Å²) in [7, 11) is 1.66. The summed E-state index contributed by atoms with van der Waals surface area (Å²) in [5, 5.41) is 9.50. The number of carbonyl (C=O) groups is 1. The molecule has 0 spiro atoms. The van der Waals surface area contributed by atoms with Gasteiger partial charge in [-0.25, -0.2) is 0 Å². The maximum atomic E-state index is 13.4. The van der Waals surface area contributed by atoms with Crippen molar-refractivity contribution in [3.63, 3.8) is 0 Å². The van der Waals surface area contributed by atoms with E-state index in [9.17, 15) is 4.79 Å². The largest absolute Gasteiger partial charge is 0.496 e. The average Bonchev–Trinajstić information content (AvgIpc) is 3.51. The number of amides is 1. The van der Waals surface area contributed by atoms with Crippen LogP contribution in [0.5, 0.6) is 5.75 Å². The number of para-hydroxylation sites is 2. The molecule has 1 aliphatic rings. The number of thioether (sulfide) groups is 1. The third-order valence-electron chi connectivity index (χ3n) is 6.31. The third kappa shape index (κ3) is 4.82. The summed E-state index contributed by atoms with van der Waals surface area (Å²) in [5.41, 5.74) is 4.36. The lowest BCUT2D eigenvalue weighted by atomic mass is 10.1. The predicted octanol–water partition coefficient (Wildman–Crippen LogP) is 5.27.